The maximum absolute atomic E-state index is 12.9. The van der Waals surface area contributed by atoms with Gasteiger partial charge >= 0.3 is 11.8 Å². The molecule has 2 aromatic rings. The molecule has 2 heterocycles. The van der Waals surface area contributed by atoms with Crippen molar-refractivity contribution in [3.8, 4) is 5.75 Å². The molecule has 1 aromatic carbocycles. The number of benzene rings is 1. The second kappa shape index (κ2) is 8.20. The monoisotopic (exact) mass is 367 g/mol. The van der Waals surface area contributed by atoms with E-state index < -0.39 is 11.8 Å². The standard InChI is InChI=1S/C21H25N3O3/c1-14-7-8-19(16-5-4-6-18(10-16)27-3)24(13-14)21(26)20(25)23-17-9-15(2)11-22-12-17/h4-6,9-12,14,19H,7-8,13H2,1-3H3,(H,23,25)/t14-,19+/m1/s1. The molecule has 6 nitrogen and oxygen atoms in total. The first-order chi connectivity index (χ1) is 13.0. The third-order valence-electron chi connectivity index (χ3n) is 4.88. The van der Waals surface area contributed by atoms with Crippen molar-refractivity contribution in [2.45, 2.75) is 32.7 Å². The number of aromatic nitrogens is 1. The second-order valence-electron chi connectivity index (χ2n) is 7.14. The van der Waals surface area contributed by atoms with Gasteiger partial charge in [-0.3, -0.25) is 14.6 Å². The average Bonchev–Trinajstić information content (AvgIpc) is 2.67. The number of hydrogen-bond donors (Lipinski definition) is 1. The van der Waals surface area contributed by atoms with Gasteiger partial charge < -0.3 is 15.0 Å². The summed E-state index contributed by atoms with van der Waals surface area (Å²) in [5.74, 6) is -0.0571. The number of ether oxygens (including phenoxy) is 1. The van der Waals surface area contributed by atoms with Crippen LogP contribution in [-0.4, -0.2) is 35.4 Å². The zero-order valence-corrected chi connectivity index (χ0v) is 15.9. The van der Waals surface area contributed by atoms with Gasteiger partial charge in [0.25, 0.3) is 0 Å². The lowest BCUT2D eigenvalue weighted by molar-refractivity contribution is -0.146. The van der Waals surface area contributed by atoms with E-state index in [1.54, 1.807) is 24.3 Å². The van der Waals surface area contributed by atoms with Crippen molar-refractivity contribution in [3.63, 3.8) is 0 Å². The number of methoxy groups -OCH3 is 1. The Balaban J connectivity index is 1.81. The lowest BCUT2D eigenvalue weighted by Crippen LogP contribution is -2.46. The molecule has 6 heteroatoms. The Kier molecular flexibility index (Phi) is 5.74. The molecule has 2 amide bonds. The molecule has 3 rings (SSSR count). The fraction of sp³-hybridized carbons (Fsp3) is 0.381. The van der Waals surface area contributed by atoms with Gasteiger partial charge in [-0.1, -0.05) is 19.1 Å². The van der Waals surface area contributed by atoms with Crippen molar-refractivity contribution in [2.24, 2.45) is 5.92 Å². The lowest BCUT2D eigenvalue weighted by atomic mass is 9.89. The van der Waals surface area contributed by atoms with Crippen LogP contribution in [0.1, 0.15) is 36.9 Å². The average molecular weight is 367 g/mol. The van der Waals surface area contributed by atoms with Gasteiger partial charge in [0.1, 0.15) is 5.75 Å². The summed E-state index contributed by atoms with van der Waals surface area (Å²) in [6.45, 7) is 4.54. The van der Waals surface area contributed by atoms with Gasteiger partial charge in [0, 0.05) is 12.7 Å². The Hall–Kier alpha value is -2.89. The summed E-state index contributed by atoms with van der Waals surface area (Å²) in [6.07, 6.45) is 5.06. The summed E-state index contributed by atoms with van der Waals surface area (Å²) < 4.78 is 5.31. The van der Waals surface area contributed by atoms with Crippen molar-refractivity contribution in [1.82, 2.24) is 9.88 Å². The minimum Gasteiger partial charge on any atom is -0.497 e. The third-order valence-corrected chi connectivity index (χ3v) is 4.88. The van der Waals surface area contributed by atoms with E-state index in [4.69, 9.17) is 4.74 Å². The number of carbonyl (C=O) groups is 2. The van der Waals surface area contributed by atoms with Crippen LogP contribution in [0.15, 0.2) is 42.7 Å². The van der Waals surface area contributed by atoms with Crippen LogP contribution in [0.2, 0.25) is 0 Å². The third kappa shape index (κ3) is 4.45. The number of pyridine rings is 1. The largest absolute Gasteiger partial charge is 0.497 e. The first kappa shape index (κ1) is 18.9. The van der Waals surface area contributed by atoms with Crippen molar-refractivity contribution in [1.29, 1.82) is 0 Å². The number of amides is 2. The topological polar surface area (TPSA) is 71.5 Å². The highest BCUT2D eigenvalue weighted by Gasteiger charge is 2.34. The molecule has 0 saturated carbocycles. The van der Waals surface area contributed by atoms with Crippen molar-refractivity contribution >= 4 is 17.5 Å². The van der Waals surface area contributed by atoms with Gasteiger partial charge in [-0.2, -0.15) is 0 Å². The SMILES string of the molecule is COc1cccc([C@@H]2CC[C@@H](C)CN2C(=O)C(=O)Nc2cncc(C)c2)c1. The zero-order valence-electron chi connectivity index (χ0n) is 15.9. The van der Waals surface area contributed by atoms with Crippen LogP contribution in [0.25, 0.3) is 0 Å². The van der Waals surface area contributed by atoms with E-state index in [-0.39, 0.29) is 6.04 Å². The van der Waals surface area contributed by atoms with Crippen molar-refractivity contribution < 1.29 is 14.3 Å². The summed E-state index contributed by atoms with van der Waals surface area (Å²) in [5.41, 5.74) is 2.43. The van der Waals surface area contributed by atoms with Gasteiger partial charge in [-0.05, 0) is 55.0 Å². The molecular formula is C21H25N3O3. The molecule has 0 unspecified atom stereocenters. The predicted molar refractivity (Wildman–Crippen MR) is 103 cm³/mol. The molecule has 0 radical (unpaired) electrons. The number of anilines is 1. The highest BCUT2D eigenvalue weighted by molar-refractivity contribution is 6.39. The van der Waals surface area contributed by atoms with Gasteiger partial charge in [-0.15, -0.1) is 0 Å². The van der Waals surface area contributed by atoms with E-state index in [2.05, 4.69) is 17.2 Å². The van der Waals surface area contributed by atoms with E-state index in [9.17, 15) is 9.59 Å². The van der Waals surface area contributed by atoms with Crippen LogP contribution in [0.5, 0.6) is 5.75 Å². The van der Waals surface area contributed by atoms with Crippen molar-refractivity contribution in [2.75, 3.05) is 19.0 Å². The quantitative estimate of drug-likeness (QED) is 0.845. The molecule has 1 aliphatic heterocycles. The Morgan fingerprint density at radius 1 is 1.22 bits per heavy atom. The molecule has 1 fully saturated rings. The molecule has 0 bridgehead atoms. The first-order valence-corrected chi connectivity index (χ1v) is 9.15. The van der Waals surface area contributed by atoms with Crippen LogP contribution in [0.3, 0.4) is 0 Å². The van der Waals surface area contributed by atoms with Crippen LogP contribution >= 0.6 is 0 Å². The molecule has 1 saturated heterocycles. The van der Waals surface area contributed by atoms with Crippen LogP contribution in [0, 0.1) is 12.8 Å². The van der Waals surface area contributed by atoms with Crippen molar-refractivity contribution in [3.05, 3.63) is 53.9 Å². The number of piperidine rings is 1. The summed E-state index contributed by atoms with van der Waals surface area (Å²) in [7, 11) is 1.62. The fourth-order valence-electron chi connectivity index (χ4n) is 3.51. The molecule has 1 aliphatic rings. The molecule has 1 N–H and O–H groups in total. The number of aryl methyl sites for hydroxylation is 1. The molecule has 2 atom stereocenters. The highest BCUT2D eigenvalue weighted by Crippen LogP contribution is 2.34. The number of hydrogen-bond acceptors (Lipinski definition) is 4. The number of nitrogens with zero attached hydrogens (tertiary/aromatic N) is 2. The van der Waals surface area contributed by atoms with E-state index in [1.165, 1.54) is 6.20 Å². The second-order valence-corrected chi connectivity index (χ2v) is 7.14. The van der Waals surface area contributed by atoms with E-state index in [1.807, 2.05) is 31.2 Å². The minimum atomic E-state index is -0.635. The van der Waals surface area contributed by atoms with Gasteiger partial charge in [-0.25, -0.2) is 0 Å². The summed E-state index contributed by atoms with van der Waals surface area (Å²) in [4.78, 5) is 31.2. The Morgan fingerprint density at radius 2 is 2.04 bits per heavy atom. The van der Waals surface area contributed by atoms with Crippen LogP contribution < -0.4 is 10.1 Å². The normalized spacial score (nSPS) is 19.4. The van der Waals surface area contributed by atoms with Gasteiger partial charge in [0.05, 0.1) is 25.0 Å². The number of likely N-dealkylation sites (tertiary alicyclic amines) is 1. The summed E-state index contributed by atoms with van der Waals surface area (Å²) in [5, 5.41) is 2.67. The van der Waals surface area contributed by atoms with Crippen LogP contribution in [-0.2, 0) is 9.59 Å². The molecular weight excluding hydrogens is 342 g/mol. The Bertz CT molecular complexity index is 837. The smallest absolute Gasteiger partial charge is 0.313 e. The Morgan fingerprint density at radius 3 is 2.78 bits per heavy atom. The lowest BCUT2D eigenvalue weighted by Gasteiger charge is -2.38. The Labute approximate surface area is 159 Å². The molecule has 142 valence electrons. The van der Waals surface area contributed by atoms with Gasteiger partial charge in [0.15, 0.2) is 0 Å². The molecule has 27 heavy (non-hydrogen) atoms. The molecule has 0 aliphatic carbocycles. The first-order valence-electron chi connectivity index (χ1n) is 9.15. The zero-order chi connectivity index (χ0) is 19.4. The summed E-state index contributed by atoms with van der Waals surface area (Å²) >= 11 is 0. The minimum absolute atomic E-state index is 0.134. The maximum Gasteiger partial charge on any atom is 0.313 e. The number of carbonyl (C=O) groups excluding carboxylic acids is 2. The van der Waals surface area contributed by atoms with E-state index in [0.29, 0.717) is 18.2 Å². The highest BCUT2D eigenvalue weighted by atomic mass is 16.5. The van der Waals surface area contributed by atoms with Crippen LogP contribution in [0.4, 0.5) is 5.69 Å². The van der Waals surface area contributed by atoms with E-state index >= 15 is 0 Å². The van der Waals surface area contributed by atoms with E-state index in [0.717, 1.165) is 29.7 Å². The maximum atomic E-state index is 12.9. The number of rotatable bonds is 3. The number of nitrogens with one attached hydrogen (secondary N) is 1. The molecule has 1 aromatic heterocycles. The fourth-order valence-corrected chi connectivity index (χ4v) is 3.51. The summed E-state index contributed by atoms with van der Waals surface area (Å²) in [6, 6.07) is 9.35. The molecule has 0 spiro atoms. The van der Waals surface area contributed by atoms with Gasteiger partial charge in [0.2, 0.25) is 0 Å². The predicted octanol–water partition coefficient (Wildman–Crippen LogP) is 3.34.